The van der Waals surface area contributed by atoms with Gasteiger partial charge in [0.1, 0.15) is 0 Å². The van der Waals surface area contributed by atoms with Gasteiger partial charge in [-0.25, -0.2) is 0 Å². The Morgan fingerprint density at radius 3 is 2.53 bits per heavy atom. The third kappa shape index (κ3) is 3.28. The third-order valence-corrected chi connectivity index (χ3v) is 3.64. The van der Waals surface area contributed by atoms with Crippen LogP contribution in [0.4, 0.5) is 0 Å². The Labute approximate surface area is 120 Å². The molecule has 0 heterocycles. The molecule has 100 valence electrons. The summed E-state index contributed by atoms with van der Waals surface area (Å²) in [6.45, 7) is 0. The predicted molar refractivity (Wildman–Crippen MR) is 72.6 cm³/mol. The van der Waals surface area contributed by atoms with Crippen molar-refractivity contribution in [3.05, 3.63) is 46.0 Å². The molecule has 0 aromatic heterocycles. The van der Waals surface area contributed by atoms with Gasteiger partial charge in [0.15, 0.2) is 0 Å². The zero-order valence-electron chi connectivity index (χ0n) is 9.77. The molecular formula is C13H11Cl2NO3. The second-order valence-electron chi connectivity index (χ2n) is 4.27. The summed E-state index contributed by atoms with van der Waals surface area (Å²) in [5.41, 5.74) is 0.390. The van der Waals surface area contributed by atoms with Crippen molar-refractivity contribution in [2.24, 2.45) is 5.92 Å². The first kappa shape index (κ1) is 13.9. The highest BCUT2D eigenvalue weighted by atomic mass is 35.5. The molecule has 2 atom stereocenters. The van der Waals surface area contributed by atoms with Crippen LogP contribution >= 0.6 is 23.2 Å². The fraction of sp³-hybridized carbons (Fsp3) is 0.231. The SMILES string of the molecule is O=C(NC1C=CC(C(=O)O)C1)c1ccc(Cl)c(Cl)c1. The van der Waals surface area contributed by atoms with E-state index in [1.807, 2.05) is 0 Å². The van der Waals surface area contributed by atoms with Crippen LogP contribution in [0.5, 0.6) is 0 Å². The molecular weight excluding hydrogens is 289 g/mol. The number of carboxylic acids is 1. The summed E-state index contributed by atoms with van der Waals surface area (Å²) in [5.74, 6) is -1.74. The number of amides is 1. The highest BCUT2D eigenvalue weighted by molar-refractivity contribution is 6.42. The predicted octanol–water partition coefficient (Wildman–Crippen LogP) is 2.75. The molecule has 0 spiro atoms. The molecule has 0 aliphatic heterocycles. The van der Waals surface area contributed by atoms with E-state index in [2.05, 4.69) is 5.32 Å². The van der Waals surface area contributed by atoms with Gasteiger partial charge < -0.3 is 10.4 Å². The van der Waals surface area contributed by atoms with E-state index in [0.29, 0.717) is 22.0 Å². The van der Waals surface area contributed by atoms with Gasteiger partial charge in [-0.2, -0.15) is 0 Å². The first-order valence-electron chi connectivity index (χ1n) is 5.64. The lowest BCUT2D eigenvalue weighted by atomic mass is 10.1. The summed E-state index contributed by atoms with van der Waals surface area (Å²) in [6.07, 6.45) is 3.64. The number of benzene rings is 1. The van der Waals surface area contributed by atoms with Crippen molar-refractivity contribution in [3.63, 3.8) is 0 Å². The highest BCUT2D eigenvalue weighted by Gasteiger charge is 2.25. The Bertz CT molecular complexity index is 557. The fourth-order valence-corrected chi connectivity index (χ4v) is 2.18. The average molecular weight is 300 g/mol. The number of carbonyl (C=O) groups excluding carboxylic acids is 1. The molecule has 2 unspecified atom stereocenters. The smallest absolute Gasteiger partial charge is 0.310 e. The van der Waals surface area contributed by atoms with Gasteiger partial charge >= 0.3 is 5.97 Å². The molecule has 1 aromatic rings. The van der Waals surface area contributed by atoms with Crippen molar-refractivity contribution < 1.29 is 14.7 Å². The number of carboxylic acid groups (broad SMARTS) is 1. The average Bonchev–Trinajstić information content (AvgIpc) is 2.81. The summed E-state index contributed by atoms with van der Waals surface area (Å²) in [7, 11) is 0. The minimum Gasteiger partial charge on any atom is -0.481 e. The second kappa shape index (κ2) is 5.63. The van der Waals surface area contributed by atoms with Crippen molar-refractivity contribution >= 4 is 35.1 Å². The van der Waals surface area contributed by atoms with Crippen LogP contribution in [0, 0.1) is 5.92 Å². The maximum absolute atomic E-state index is 11.9. The topological polar surface area (TPSA) is 66.4 Å². The molecule has 1 amide bonds. The van der Waals surface area contributed by atoms with Crippen LogP contribution in [0.25, 0.3) is 0 Å². The van der Waals surface area contributed by atoms with Gasteiger partial charge in [0.2, 0.25) is 0 Å². The number of halogens is 2. The lowest BCUT2D eigenvalue weighted by molar-refractivity contribution is -0.140. The van der Waals surface area contributed by atoms with Crippen LogP contribution in [0.15, 0.2) is 30.4 Å². The zero-order chi connectivity index (χ0) is 14.0. The fourth-order valence-electron chi connectivity index (χ4n) is 1.88. The Morgan fingerprint density at radius 1 is 1.21 bits per heavy atom. The number of hydrogen-bond acceptors (Lipinski definition) is 2. The van der Waals surface area contributed by atoms with Crippen molar-refractivity contribution in [2.75, 3.05) is 0 Å². The van der Waals surface area contributed by atoms with E-state index in [9.17, 15) is 9.59 Å². The Kier molecular flexibility index (Phi) is 4.12. The normalized spacial score (nSPS) is 21.4. The Hall–Kier alpha value is -1.52. The van der Waals surface area contributed by atoms with Crippen LogP contribution in [0.2, 0.25) is 10.0 Å². The Balaban J connectivity index is 2.00. The summed E-state index contributed by atoms with van der Waals surface area (Å²) in [5, 5.41) is 12.3. The van der Waals surface area contributed by atoms with Gasteiger partial charge in [-0.3, -0.25) is 9.59 Å². The summed E-state index contributed by atoms with van der Waals surface area (Å²) < 4.78 is 0. The van der Waals surface area contributed by atoms with Crippen molar-refractivity contribution in [1.29, 1.82) is 0 Å². The standard InChI is InChI=1S/C13H11Cl2NO3/c14-10-4-2-7(6-11(10)15)12(17)16-9-3-1-8(5-9)13(18)19/h1-4,6,8-9H,5H2,(H,16,17)(H,18,19). The molecule has 6 heteroatoms. The number of hydrogen-bond donors (Lipinski definition) is 2. The summed E-state index contributed by atoms with van der Waals surface area (Å²) in [6, 6.07) is 4.32. The van der Waals surface area contributed by atoms with Crippen LogP contribution in [0.3, 0.4) is 0 Å². The monoisotopic (exact) mass is 299 g/mol. The molecule has 0 radical (unpaired) electrons. The molecule has 19 heavy (non-hydrogen) atoms. The molecule has 0 saturated carbocycles. The van der Waals surface area contributed by atoms with E-state index in [1.165, 1.54) is 6.07 Å². The first-order valence-corrected chi connectivity index (χ1v) is 6.40. The first-order chi connectivity index (χ1) is 8.97. The molecule has 0 saturated heterocycles. The van der Waals surface area contributed by atoms with Crippen molar-refractivity contribution in [2.45, 2.75) is 12.5 Å². The summed E-state index contributed by atoms with van der Waals surface area (Å²) >= 11 is 11.6. The molecule has 2 N–H and O–H groups in total. The van der Waals surface area contributed by atoms with Crippen molar-refractivity contribution in [1.82, 2.24) is 5.32 Å². The molecule has 0 fully saturated rings. The minimum atomic E-state index is -0.887. The van der Waals surface area contributed by atoms with E-state index in [-0.39, 0.29) is 11.9 Å². The largest absolute Gasteiger partial charge is 0.481 e. The zero-order valence-corrected chi connectivity index (χ0v) is 11.3. The van der Waals surface area contributed by atoms with Gasteiger partial charge in [0, 0.05) is 11.6 Å². The van der Waals surface area contributed by atoms with Gasteiger partial charge in [-0.05, 0) is 24.6 Å². The summed E-state index contributed by atoms with van der Waals surface area (Å²) in [4.78, 5) is 22.7. The Morgan fingerprint density at radius 2 is 1.95 bits per heavy atom. The maximum Gasteiger partial charge on any atom is 0.310 e. The maximum atomic E-state index is 11.9. The van der Waals surface area contributed by atoms with Crippen LogP contribution in [-0.2, 0) is 4.79 Å². The molecule has 0 bridgehead atoms. The lowest BCUT2D eigenvalue weighted by Crippen LogP contribution is -2.33. The van der Waals surface area contributed by atoms with E-state index in [1.54, 1.807) is 24.3 Å². The van der Waals surface area contributed by atoms with E-state index < -0.39 is 11.9 Å². The number of nitrogens with one attached hydrogen (secondary N) is 1. The molecule has 1 aliphatic rings. The molecule has 1 aliphatic carbocycles. The number of aliphatic carboxylic acids is 1. The van der Waals surface area contributed by atoms with Gasteiger partial charge in [-0.15, -0.1) is 0 Å². The molecule has 2 rings (SSSR count). The quantitative estimate of drug-likeness (QED) is 0.844. The molecule has 4 nitrogen and oxygen atoms in total. The van der Waals surface area contributed by atoms with Crippen LogP contribution in [0.1, 0.15) is 16.8 Å². The number of carbonyl (C=O) groups is 2. The van der Waals surface area contributed by atoms with Gasteiger partial charge in [0.05, 0.1) is 16.0 Å². The minimum absolute atomic E-state index is 0.275. The van der Waals surface area contributed by atoms with E-state index in [0.717, 1.165) is 0 Å². The van der Waals surface area contributed by atoms with E-state index in [4.69, 9.17) is 28.3 Å². The van der Waals surface area contributed by atoms with Crippen LogP contribution < -0.4 is 5.32 Å². The lowest BCUT2D eigenvalue weighted by Gasteiger charge is -2.12. The highest BCUT2D eigenvalue weighted by Crippen LogP contribution is 2.23. The van der Waals surface area contributed by atoms with Gasteiger partial charge in [-0.1, -0.05) is 35.4 Å². The van der Waals surface area contributed by atoms with Gasteiger partial charge in [0.25, 0.3) is 5.91 Å². The number of rotatable bonds is 3. The van der Waals surface area contributed by atoms with Crippen LogP contribution in [-0.4, -0.2) is 23.0 Å². The third-order valence-electron chi connectivity index (χ3n) is 2.90. The second-order valence-corrected chi connectivity index (χ2v) is 5.09. The van der Waals surface area contributed by atoms with Crippen molar-refractivity contribution in [3.8, 4) is 0 Å². The molecule has 1 aromatic carbocycles. The van der Waals surface area contributed by atoms with E-state index >= 15 is 0 Å².